The van der Waals surface area contributed by atoms with Gasteiger partial charge in [0.25, 0.3) is 0 Å². The van der Waals surface area contributed by atoms with Crippen molar-refractivity contribution in [2.75, 3.05) is 6.61 Å². The second kappa shape index (κ2) is 2.87. The molecule has 2 aliphatic rings. The van der Waals surface area contributed by atoms with Crippen molar-refractivity contribution in [3.8, 4) is 0 Å². The molecule has 0 amide bonds. The van der Waals surface area contributed by atoms with Crippen molar-refractivity contribution in [3.05, 3.63) is 23.0 Å². The van der Waals surface area contributed by atoms with Crippen LogP contribution < -0.4 is 0 Å². The van der Waals surface area contributed by atoms with Crippen LogP contribution in [0.3, 0.4) is 0 Å². The third kappa shape index (κ3) is 1.15. The number of rotatable bonds is 2. The van der Waals surface area contributed by atoms with Gasteiger partial charge in [-0.05, 0) is 42.7 Å². The highest BCUT2D eigenvalue weighted by Gasteiger charge is 2.53. The molecule has 1 N–H and O–H groups in total. The van der Waals surface area contributed by atoms with Gasteiger partial charge in [-0.2, -0.15) is 0 Å². The number of hydrogen-bond donors (Lipinski definition) is 1. The van der Waals surface area contributed by atoms with E-state index in [1.165, 1.54) is 11.3 Å². The fourth-order valence-electron chi connectivity index (χ4n) is 2.91. The average Bonchev–Trinajstić information content (AvgIpc) is 2.62. The molecule has 0 aromatic carbocycles. The van der Waals surface area contributed by atoms with E-state index in [0.29, 0.717) is 18.2 Å². The Morgan fingerprint density at radius 2 is 2.47 bits per heavy atom. The van der Waals surface area contributed by atoms with Crippen LogP contribution in [0.1, 0.15) is 41.5 Å². The Morgan fingerprint density at radius 1 is 1.67 bits per heavy atom. The predicted octanol–water partition coefficient (Wildman–Crippen LogP) is 2.10. The molecular formula is C12H15NO2. The molecule has 0 bridgehead atoms. The van der Waals surface area contributed by atoms with E-state index >= 15 is 0 Å². The largest absolute Gasteiger partial charge is 0.461 e. The second-order valence-electron chi connectivity index (χ2n) is 4.59. The monoisotopic (exact) mass is 205 g/mol. The van der Waals surface area contributed by atoms with Gasteiger partial charge in [0.05, 0.1) is 6.61 Å². The minimum absolute atomic E-state index is 0.225. The lowest BCUT2D eigenvalue weighted by atomic mass is 10.1. The Morgan fingerprint density at radius 3 is 3.20 bits per heavy atom. The Kier molecular flexibility index (Phi) is 1.73. The van der Waals surface area contributed by atoms with Gasteiger partial charge in [-0.25, -0.2) is 4.79 Å². The van der Waals surface area contributed by atoms with Crippen LogP contribution in [-0.2, 0) is 11.2 Å². The van der Waals surface area contributed by atoms with Crippen LogP contribution in [0.4, 0.5) is 0 Å². The molecule has 3 rings (SSSR count). The summed E-state index contributed by atoms with van der Waals surface area (Å²) < 4.78 is 4.97. The minimum atomic E-state index is -0.225. The summed E-state index contributed by atoms with van der Waals surface area (Å²) in [5.74, 6) is 2.13. The van der Waals surface area contributed by atoms with Crippen LogP contribution in [-0.4, -0.2) is 17.6 Å². The molecule has 3 heteroatoms. The topological polar surface area (TPSA) is 42.1 Å². The molecule has 80 valence electrons. The highest BCUT2D eigenvalue weighted by Crippen LogP contribution is 2.61. The van der Waals surface area contributed by atoms with Gasteiger partial charge in [-0.1, -0.05) is 6.92 Å². The highest BCUT2D eigenvalue weighted by atomic mass is 16.5. The first-order valence-corrected chi connectivity index (χ1v) is 5.61. The van der Waals surface area contributed by atoms with E-state index in [0.717, 1.165) is 18.3 Å². The summed E-state index contributed by atoms with van der Waals surface area (Å²) in [5, 5.41) is 0. The summed E-state index contributed by atoms with van der Waals surface area (Å²) in [7, 11) is 0. The van der Waals surface area contributed by atoms with E-state index in [1.54, 1.807) is 0 Å². The van der Waals surface area contributed by atoms with Gasteiger partial charge in [-0.3, -0.25) is 0 Å². The maximum absolute atomic E-state index is 11.5. The Bertz CT molecular complexity index is 421. The highest BCUT2D eigenvalue weighted by molar-refractivity contribution is 5.88. The summed E-state index contributed by atoms with van der Waals surface area (Å²) in [5.41, 5.74) is 3.24. The first-order chi connectivity index (χ1) is 7.22. The van der Waals surface area contributed by atoms with Gasteiger partial charge in [0, 0.05) is 5.69 Å². The van der Waals surface area contributed by atoms with Crippen molar-refractivity contribution in [2.45, 2.75) is 26.2 Å². The molecule has 3 atom stereocenters. The molecule has 0 aliphatic heterocycles. The number of carbonyl (C=O) groups is 1. The number of nitrogens with one attached hydrogen (secondary N) is 1. The molecule has 1 fully saturated rings. The van der Waals surface area contributed by atoms with E-state index in [-0.39, 0.29) is 5.97 Å². The molecule has 0 radical (unpaired) electrons. The van der Waals surface area contributed by atoms with E-state index in [9.17, 15) is 4.79 Å². The standard InChI is InChI=1S/C12H15NO2/c1-3-15-12(14)10-5-8-9(13-10)4-7-6(2)11(7)8/h5-7,11,13H,3-4H2,1-2H3/t6-,7+,11-/m0/s1. The van der Waals surface area contributed by atoms with Gasteiger partial charge < -0.3 is 9.72 Å². The zero-order valence-corrected chi connectivity index (χ0v) is 9.04. The fraction of sp³-hybridized carbons (Fsp3) is 0.583. The first-order valence-electron chi connectivity index (χ1n) is 5.61. The van der Waals surface area contributed by atoms with Crippen molar-refractivity contribution in [3.63, 3.8) is 0 Å². The molecular weight excluding hydrogens is 190 g/mol. The smallest absolute Gasteiger partial charge is 0.354 e. The third-order valence-corrected chi connectivity index (χ3v) is 3.79. The lowest BCUT2D eigenvalue weighted by Crippen LogP contribution is -2.05. The normalized spacial score (nSPS) is 30.9. The van der Waals surface area contributed by atoms with Crippen molar-refractivity contribution >= 4 is 5.97 Å². The molecule has 1 saturated carbocycles. The molecule has 15 heavy (non-hydrogen) atoms. The zero-order chi connectivity index (χ0) is 10.6. The van der Waals surface area contributed by atoms with Crippen molar-refractivity contribution in [2.24, 2.45) is 11.8 Å². The molecule has 1 aromatic heterocycles. The van der Waals surface area contributed by atoms with Crippen molar-refractivity contribution < 1.29 is 9.53 Å². The van der Waals surface area contributed by atoms with Gasteiger partial charge in [0.2, 0.25) is 0 Å². The Hall–Kier alpha value is -1.25. The summed E-state index contributed by atoms with van der Waals surface area (Å²) >= 11 is 0. The van der Waals surface area contributed by atoms with Crippen molar-refractivity contribution in [1.29, 1.82) is 0 Å². The summed E-state index contributed by atoms with van der Waals surface area (Å²) in [6.07, 6.45) is 1.11. The lowest BCUT2D eigenvalue weighted by Gasteiger charge is -1.98. The second-order valence-corrected chi connectivity index (χ2v) is 4.59. The van der Waals surface area contributed by atoms with Crippen molar-refractivity contribution in [1.82, 2.24) is 4.98 Å². The summed E-state index contributed by atoms with van der Waals surface area (Å²) in [6, 6.07) is 1.99. The van der Waals surface area contributed by atoms with Crippen LogP contribution in [0.5, 0.6) is 0 Å². The molecule has 1 heterocycles. The molecule has 0 unspecified atom stereocenters. The van der Waals surface area contributed by atoms with Crippen LogP contribution in [0.25, 0.3) is 0 Å². The van der Waals surface area contributed by atoms with E-state index in [4.69, 9.17) is 4.74 Å². The predicted molar refractivity (Wildman–Crippen MR) is 55.8 cm³/mol. The molecule has 2 aliphatic carbocycles. The maximum atomic E-state index is 11.5. The van der Waals surface area contributed by atoms with Gasteiger partial charge in [0.15, 0.2) is 0 Å². The van der Waals surface area contributed by atoms with Crippen LogP contribution in [0.2, 0.25) is 0 Å². The number of H-pyrrole nitrogens is 1. The van der Waals surface area contributed by atoms with E-state index in [1.807, 2.05) is 13.0 Å². The van der Waals surface area contributed by atoms with Gasteiger partial charge >= 0.3 is 5.97 Å². The van der Waals surface area contributed by atoms with Crippen LogP contribution in [0, 0.1) is 11.8 Å². The Labute approximate surface area is 88.8 Å². The van der Waals surface area contributed by atoms with E-state index in [2.05, 4.69) is 11.9 Å². The minimum Gasteiger partial charge on any atom is -0.461 e. The number of ether oxygens (including phenoxy) is 1. The molecule has 0 saturated heterocycles. The summed E-state index contributed by atoms with van der Waals surface area (Å²) in [4.78, 5) is 14.7. The van der Waals surface area contributed by atoms with Gasteiger partial charge in [-0.15, -0.1) is 0 Å². The first kappa shape index (κ1) is 9.01. The number of hydrogen-bond acceptors (Lipinski definition) is 2. The van der Waals surface area contributed by atoms with Crippen LogP contribution in [0.15, 0.2) is 6.07 Å². The van der Waals surface area contributed by atoms with Crippen LogP contribution >= 0.6 is 0 Å². The number of aromatic nitrogens is 1. The quantitative estimate of drug-likeness (QED) is 0.751. The number of esters is 1. The van der Waals surface area contributed by atoms with Gasteiger partial charge in [0.1, 0.15) is 5.69 Å². The molecule has 3 nitrogen and oxygen atoms in total. The average molecular weight is 205 g/mol. The zero-order valence-electron chi connectivity index (χ0n) is 9.04. The fourth-order valence-corrected chi connectivity index (χ4v) is 2.91. The van der Waals surface area contributed by atoms with E-state index < -0.39 is 0 Å². The number of aromatic amines is 1. The Balaban J connectivity index is 1.86. The third-order valence-electron chi connectivity index (χ3n) is 3.79. The maximum Gasteiger partial charge on any atom is 0.354 e. The number of fused-ring (bicyclic) bond motifs is 3. The summed E-state index contributed by atoms with van der Waals surface area (Å²) in [6.45, 7) is 4.55. The SMILES string of the molecule is CCOC(=O)c1cc2c([nH]1)C[C@@H]1[C@H](C)[C@H]21. The lowest BCUT2D eigenvalue weighted by molar-refractivity contribution is 0.0520. The molecule has 1 aromatic rings. The molecule has 0 spiro atoms. The number of carbonyl (C=O) groups excluding carboxylic acids is 1.